The maximum absolute atomic E-state index is 11.9. The molecule has 0 saturated heterocycles. The number of aromatic nitrogens is 2. The second kappa shape index (κ2) is 9.64. The van der Waals surface area contributed by atoms with Crippen LogP contribution in [0.2, 0.25) is 0 Å². The Morgan fingerprint density at radius 3 is 2.42 bits per heavy atom. The van der Waals surface area contributed by atoms with Crippen molar-refractivity contribution in [2.45, 2.75) is 11.8 Å². The highest BCUT2D eigenvalue weighted by Gasteiger charge is 2.13. The van der Waals surface area contributed by atoms with Crippen LogP contribution in [0.15, 0.2) is 102 Å². The molecular weight excluding hydrogens is 484 g/mol. The summed E-state index contributed by atoms with van der Waals surface area (Å²) in [4.78, 5) is 9.48. The first-order valence-corrected chi connectivity index (χ1v) is 14.1. The summed E-state index contributed by atoms with van der Waals surface area (Å²) in [6, 6.07) is 23.6. The van der Waals surface area contributed by atoms with Crippen molar-refractivity contribution in [1.82, 2.24) is 9.97 Å². The molecule has 0 saturated carbocycles. The third-order valence-electron chi connectivity index (χ3n) is 5.96. The molecule has 36 heavy (non-hydrogen) atoms. The van der Waals surface area contributed by atoms with E-state index in [9.17, 15) is 8.42 Å². The molecule has 0 fully saturated rings. The number of hydrogen-bond acceptors (Lipinski definition) is 5. The lowest BCUT2D eigenvalue weighted by molar-refractivity contribution is 0.602. The first kappa shape index (κ1) is 23.9. The number of benzene rings is 3. The van der Waals surface area contributed by atoms with E-state index >= 15 is 0 Å². The van der Waals surface area contributed by atoms with Gasteiger partial charge in [-0.2, -0.15) is 0 Å². The summed E-state index contributed by atoms with van der Waals surface area (Å²) < 4.78 is 23.9. The number of allylic oxidation sites excluding steroid dienone is 1. The minimum Gasteiger partial charge on any atom is -0.256 e. The fraction of sp³-hybridized carbons (Fsp3) is 0.0667. The van der Waals surface area contributed by atoms with Gasteiger partial charge in [0, 0.05) is 40.6 Å². The molecule has 0 bridgehead atoms. The maximum Gasteiger partial charge on any atom is 0.175 e. The Bertz CT molecular complexity index is 1720. The smallest absolute Gasteiger partial charge is 0.175 e. The van der Waals surface area contributed by atoms with Gasteiger partial charge in [0.25, 0.3) is 0 Å². The molecule has 0 spiro atoms. The van der Waals surface area contributed by atoms with Crippen LogP contribution < -0.4 is 0 Å². The van der Waals surface area contributed by atoms with Crippen molar-refractivity contribution < 1.29 is 8.42 Å². The summed E-state index contributed by atoms with van der Waals surface area (Å²) in [5.41, 5.74) is 7.98. The number of sulfone groups is 1. The molecule has 6 heteroatoms. The Morgan fingerprint density at radius 2 is 1.72 bits per heavy atom. The van der Waals surface area contributed by atoms with Gasteiger partial charge in [-0.1, -0.05) is 48.6 Å². The molecule has 5 aromatic rings. The average Bonchev–Trinajstić information content (AvgIpc) is 3.41. The molecule has 5 rings (SSSR count). The molecule has 0 unspecified atom stereocenters. The van der Waals surface area contributed by atoms with Crippen LogP contribution in [-0.4, -0.2) is 24.6 Å². The summed E-state index contributed by atoms with van der Waals surface area (Å²) in [6.45, 7) is 6.14. The Labute approximate surface area is 215 Å². The fourth-order valence-electron chi connectivity index (χ4n) is 4.13. The van der Waals surface area contributed by atoms with Gasteiger partial charge in [0.2, 0.25) is 0 Å². The van der Waals surface area contributed by atoms with Crippen molar-refractivity contribution in [3.63, 3.8) is 0 Å². The second-order valence-electron chi connectivity index (χ2n) is 8.70. The molecule has 2 heterocycles. The van der Waals surface area contributed by atoms with Crippen molar-refractivity contribution in [1.29, 1.82) is 0 Å². The third-order valence-corrected chi connectivity index (χ3v) is 7.90. The minimum atomic E-state index is -3.27. The van der Waals surface area contributed by atoms with Gasteiger partial charge < -0.3 is 0 Å². The topological polar surface area (TPSA) is 59.9 Å². The number of nitrogens with zero attached hydrogens (tertiary/aromatic N) is 2. The van der Waals surface area contributed by atoms with Crippen LogP contribution in [0.3, 0.4) is 0 Å². The molecule has 0 amide bonds. The predicted molar refractivity (Wildman–Crippen MR) is 151 cm³/mol. The third kappa shape index (κ3) is 4.91. The molecule has 0 radical (unpaired) electrons. The van der Waals surface area contributed by atoms with E-state index in [2.05, 4.69) is 59.0 Å². The van der Waals surface area contributed by atoms with Gasteiger partial charge in [0.15, 0.2) is 9.84 Å². The highest BCUT2D eigenvalue weighted by Crippen LogP contribution is 2.33. The van der Waals surface area contributed by atoms with E-state index in [0.29, 0.717) is 4.90 Å². The molecule has 0 atom stereocenters. The zero-order valence-electron chi connectivity index (χ0n) is 20.0. The summed E-state index contributed by atoms with van der Waals surface area (Å²) >= 11 is 1.55. The molecule has 4 nitrogen and oxygen atoms in total. The average molecular weight is 509 g/mol. The molecule has 0 aliphatic rings. The number of thiazole rings is 1. The van der Waals surface area contributed by atoms with Crippen LogP contribution in [0.4, 0.5) is 0 Å². The molecule has 0 aliphatic heterocycles. The van der Waals surface area contributed by atoms with Crippen molar-refractivity contribution in [3.8, 4) is 11.1 Å². The van der Waals surface area contributed by atoms with Gasteiger partial charge in [-0.05, 0) is 71.7 Å². The van der Waals surface area contributed by atoms with Gasteiger partial charge >= 0.3 is 0 Å². The van der Waals surface area contributed by atoms with Crippen LogP contribution >= 0.6 is 11.3 Å². The lowest BCUT2D eigenvalue weighted by Crippen LogP contribution is -1.97. The van der Waals surface area contributed by atoms with Gasteiger partial charge in [-0.3, -0.25) is 4.98 Å². The van der Waals surface area contributed by atoms with Gasteiger partial charge in [0.1, 0.15) is 5.01 Å². The number of pyridine rings is 1. The molecule has 0 N–H and O–H groups in total. The Balaban J connectivity index is 1.64. The van der Waals surface area contributed by atoms with Crippen molar-refractivity contribution >= 4 is 49.3 Å². The number of fused-ring (bicyclic) bond motifs is 1. The summed E-state index contributed by atoms with van der Waals surface area (Å²) in [5.74, 6) is 0. The second-order valence-corrected chi connectivity index (χ2v) is 11.6. The van der Waals surface area contributed by atoms with Crippen LogP contribution in [0, 0.1) is 0 Å². The maximum atomic E-state index is 11.9. The quantitative estimate of drug-likeness (QED) is 0.225. The highest BCUT2D eigenvalue weighted by atomic mass is 32.2. The van der Waals surface area contributed by atoms with Crippen LogP contribution in [0.5, 0.6) is 0 Å². The monoisotopic (exact) mass is 508 g/mol. The molecule has 2 aromatic heterocycles. The molecule has 0 aliphatic carbocycles. The van der Waals surface area contributed by atoms with E-state index in [1.165, 1.54) is 6.26 Å². The first-order valence-electron chi connectivity index (χ1n) is 11.4. The highest BCUT2D eigenvalue weighted by molar-refractivity contribution is 7.90. The zero-order chi connectivity index (χ0) is 25.3. The number of rotatable bonds is 6. The van der Waals surface area contributed by atoms with Crippen molar-refractivity contribution in [2.24, 2.45) is 0 Å². The van der Waals surface area contributed by atoms with Crippen molar-refractivity contribution in [2.75, 3.05) is 6.26 Å². The van der Waals surface area contributed by atoms with Crippen LogP contribution in [0.25, 0.3) is 39.3 Å². The van der Waals surface area contributed by atoms with E-state index in [1.807, 2.05) is 42.8 Å². The van der Waals surface area contributed by atoms with E-state index in [4.69, 9.17) is 0 Å². The molecule has 3 aromatic carbocycles. The standard InChI is InChI=1S/C30H24N2O2S2/c1-20(2)25-18-24-8-5-13-31-29(24)27(19-25)23-7-4-6-21(16-23)17-28(30-32-14-15-35-30)22-9-11-26(12-10-22)36(3,33)34/h4-19H,1H2,2-3H3/b28-17-. The number of hydrogen-bond donors (Lipinski definition) is 0. The Kier molecular flexibility index (Phi) is 6.39. The molecular formula is C30H24N2O2S2. The van der Waals surface area contributed by atoms with Gasteiger partial charge in [-0.15, -0.1) is 11.3 Å². The largest absolute Gasteiger partial charge is 0.256 e. The SMILES string of the molecule is C=C(C)c1cc(-c2cccc(/C=C(/c3ccc(S(C)(=O)=O)cc3)c3nccs3)c2)c2ncccc2c1. The predicted octanol–water partition coefficient (Wildman–Crippen LogP) is 7.38. The van der Waals surface area contributed by atoms with E-state index in [-0.39, 0.29) is 0 Å². The Hall–Kier alpha value is -3.87. The van der Waals surface area contributed by atoms with Crippen LogP contribution in [-0.2, 0) is 9.84 Å². The first-order chi connectivity index (χ1) is 17.3. The van der Waals surface area contributed by atoms with E-state index < -0.39 is 9.84 Å². The minimum absolute atomic E-state index is 0.295. The molecule has 178 valence electrons. The van der Waals surface area contributed by atoms with Crippen LogP contribution in [0.1, 0.15) is 28.6 Å². The van der Waals surface area contributed by atoms with Gasteiger partial charge in [-0.25, -0.2) is 13.4 Å². The summed E-state index contributed by atoms with van der Waals surface area (Å²) in [5, 5.41) is 3.87. The lowest BCUT2D eigenvalue weighted by Gasteiger charge is -2.11. The van der Waals surface area contributed by atoms with Crippen molar-refractivity contribution in [3.05, 3.63) is 119 Å². The normalized spacial score (nSPS) is 12.1. The van der Waals surface area contributed by atoms with Gasteiger partial charge in [0.05, 0.1) is 10.4 Å². The Morgan fingerprint density at radius 1 is 0.917 bits per heavy atom. The summed E-state index contributed by atoms with van der Waals surface area (Å²) in [6.07, 6.45) is 6.90. The summed E-state index contributed by atoms with van der Waals surface area (Å²) in [7, 11) is -3.27. The zero-order valence-corrected chi connectivity index (χ0v) is 21.6. The lowest BCUT2D eigenvalue weighted by atomic mass is 9.95. The van der Waals surface area contributed by atoms with E-state index in [0.717, 1.165) is 54.9 Å². The fourth-order valence-corrected chi connectivity index (χ4v) is 5.43. The van der Waals surface area contributed by atoms with E-state index in [1.54, 1.807) is 29.7 Å².